The van der Waals surface area contributed by atoms with Gasteiger partial charge in [0.1, 0.15) is 5.75 Å². The van der Waals surface area contributed by atoms with Gasteiger partial charge in [0, 0.05) is 0 Å². The summed E-state index contributed by atoms with van der Waals surface area (Å²) in [6.07, 6.45) is 2.26. The zero-order valence-corrected chi connectivity index (χ0v) is 12.5. The second-order valence-electron chi connectivity index (χ2n) is 5.91. The zero-order chi connectivity index (χ0) is 13.6. The van der Waals surface area contributed by atoms with Crippen molar-refractivity contribution in [3.63, 3.8) is 0 Å². The number of nitrogens with one attached hydrogen (secondary N) is 1. The topological polar surface area (TPSA) is 21.3 Å². The highest BCUT2D eigenvalue weighted by molar-refractivity contribution is 5.41. The fourth-order valence-electron chi connectivity index (χ4n) is 1.95. The Balaban J connectivity index is 2.65. The summed E-state index contributed by atoms with van der Waals surface area (Å²) in [5.41, 5.74) is 2.68. The first-order valence-electron chi connectivity index (χ1n) is 6.83. The van der Waals surface area contributed by atoms with E-state index in [-0.39, 0.29) is 5.41 Å². The van der Waals surface area contributed by atoms with Crippen molar-refractivity contribution in [2.24, 2.45) is 0 Å². The lowest BCUT2D eigenvalue weighted by atomic mass is 9.86. The number of hydrogen-bond acceptors (Lipinski definition) is 2. The van der Waals surface area contributed by atoms with Crippen molar-refractivity contribution in [2.45, 2.75) is 46.0 Å². The first-order valence-corrected chi connectivity index (χ1v) is 6.83. The van der Waals surface area contributed by atoms with E-state index in [1.165, 1.54) is 11.1 Å². The Kier molecular flexibility index (Phi) is 5.67. The normalized spacial score (nSPS) is 11.6. The average molecular weight is 249 g/mol. The molecule has 1 rings (SSSR count). The number of unbranched alkanes of at least 4 members (excludes halogenated alkanes) is 1. The van der Waals surface area contributed by atoms with Crippen LogP contribution in [0.5, 0.6) is 5.75 Å². The van der Waals surface area contributed by atoms with Gasteiger partial charge in [-0.05, 0) is 56.0 Å². The maximum atomic E-state index is 5.96. The molecule has 0 radical (unpaired) electrons. The highest BCUT2D eigenvalue weighted by Gasteiger charge is 2.18. The first-order chi connectivity index (χ1) is 8.45. The largest absolute Gasteiger partial charge is 0.493 e. The summed E-state index contributed by atoms with van der Waals surface area (Å²) in [5, 5.41) is 3.16. The van der Waals surface area contributed by atoms with Crippen LogP contribution in [0.1, 0.15) is 44.7 Å². The minimum absolute atomic E-state index is 0.133. The van der Waals surface area contributed by atoms with Gasteiger partial charge in [-0.25, -0.2) is 0 Å². The van der Waals surface area contributed by atoms with Crippen LogP contribution in [0, 0.1) is 6.92 Å². The molecule has 18 heavy (non-hydrogen) atoms. The zero-order valence-electron chi connectivity index (χ0n) is 12.5. The van der Waals surface area contributed by atoms with Crippen molar-refractivity contribution < 1.29 is 4.74 Å². The third kappa shape index (κ3) is 4.69. The molecule has 0 aliphatic heterocycles. The maximum absolute atomic E-state index is 5.96. The minimum Gasteiger partial charge on any atom is -0.493 e. The van der Waals surface area contributed by atoms with Gasteiger partial charge >= 0.3 is 0 Å². The molecule has 102 valence electrons. The Morgan fingerprint density at radius 3 is 2.50 bits per heavy atom. The van der Waals surface area contributed by atoms with Gasteiger partial charge < -0.3 is 10.1 Å². The van der Waals surface area contributed by atoms with E-state index in [0.717, 1.165) is 31.7 Å². The Morgan fingerprint density at radius 2 is 1.89 bits per heavy atom. The summed E-state index contributed by atoms with van der Waals surface area (Å²) in [6, 6.07) is 6.51. The van der Waals surface area contributed by atoms with Crippen LogP contribution in [0.25, 0.3) is 0 Å². The predicted molar refractivity (Wildman–Crippen MR) is 78.5 cm³/mol. The van der Waals surface area contributed by atoms with Crippen molar-refractivity contribution >= 4 is 0 Å². The number of benzene rings is 1. The van der Waals surface area contributed by atoms with Crippen LogP contribution in [0.4, 0.5) is 0 Å². The molecule has 2 heteroatoms. The molecule has 0 heterocycles. The van der Waals surface area contributed by atoms with Crippen molar-refractivity contribution in [2.75, 3.05) is 20.2 Å². The third-order valence-electron chi connectivity index (χ3n) is 3.02. The fraction of sp³-hybridized carbons (Fsp3) is 0.625. The second-order valence-corrected chi connectivity index (χ2v) is 5.91. The van der Waals surface area contributed by atoms with Crippen molar-refractivity contribution in [3.05, 3.63) is 29.3 Å². The van der Waals surface area contributed by atoms with Gasteiger partial charge in [-0.3, -0.25) is 0 Å². The van der Waals surface area contributed by atoms with Crippen LogP contribution >= 0.6 is 0 Å². The van der Waals surface area contributed by atoms with Crippen molar-refractivity contribution in [1.29, 1.82) is 0 Å². The SMILES string of the molecule is CNCCCCOc1cc(C)ccc1C(C)(C)C. The molecule has 0 spiro atoms. The minimum atomic E-state index is 0.133. The van der Waals surface area contributed by atoms with Gasteiger partial charge in [0.05, 0.1) is 6.61 Å². The summed E-state index contributed by atoms with van der Waals surface area (Å²) in [6.45, 7) is 10.7. The molecule has 1 N–H and O–H groups in total. The monoisotopic (exact) mass is 249 g/mol. The molecule has 0 bridgehead atoms. The Labute approximate surface area is 112 Å². The van der Waals surface area contributed by atoms with Crippen LogP contribution in [-0.2, 0) is 5.41 Å². The summed E-state index contributed by atoms with van der Waals surface area (Å²) >= 11 is 0. The standard InChI is InChI=1S/C16H27NO/c1-13-8-9-14(16(2,3)4)15(12-13)18-11-7-6-10-17-5/h8-9,12,17H,6-7,10-11H2,1-5H3. The fourth-order valence-corrected chi connectivity index (χ4v) is 1.95. The van der Waals surface area contributed by atoms with Gasteiger partial charge in [-0.15, -0.1) is 0 Å². The van der Waals surface area contributed by atoms with E-state index in [0.29, 0.717) is 0 Å². The molecule has 0 aromatic heterocycles. The van der Waals surface area contributed by atoms with Gasteiger partial charge in [0.15, 0.2) is 0 Å². The number of hydrogen-bond donors (Lipinski definition) is 1. The number of ether oxygens (including phenoxy) is 1. The smallest absolute Gasteiger partial charge is 0.123 e. The number of rotatable bonds is 6. The van der Waals surface area contributed by atoms with Gasteiger partial charge in [0.25, 0.3) is 0 Å². The van der Waals surface area contributed by atoms with Crippen LogP contribution in [0.2, 0.25) is 0 Å². The Bertz CT molecular complexity index is 366. The lowest BCUT2D eigenvalue weighted by Crippen LogP contribution is -2.14. The van der Waals surface area contributed by atoms with E-state index in [1.807, 2.05) is 7.05 Å². The first kappa shape index (κ1) is 15.0. The summed E-state index contributed by atoms with van der Waals surface area (Å²) in [4.78, 5) is 0. The summed E-state index contributed by atoms with van der Waals surface area (Å²) in [7, 11) is 1.99. The molecule has 0 aliphatic rings. The molecule has 0 saturated heterocycles. The molecular formula is C16H27NO. The molecule has 0 atom stereocenters. The van der Waals surface area contributed by atoms with Gasteiger partial charge in [-0.1, -0.05) is 32.9 Å². The van der Waals surface area contributed by atoms with E-state index in [4.69, 9.17) is 4.74 Å². The lowest BCUT2D eigenvalue weighted by molar-refractivity contribution is 0.298. The maximum Gasteiger partial charge on any atom is 0.123 e. The van der Waals surface area contributed by atoms with Gasteiger partial charge in [0.2, 0.25) is 0 Å². The van der Waals surface area contributed by atoms with Crippen LogP contribution in [0.3, 0.4) is 0 Å². The summed E-state index contributed by atoms with van der Waals surface area (Å²) < 4.78 is 5.96. The number of aryl methyl sites for hydroxylation is 1. The molecule has 0 aliphatic carbocycles. The van der Waals surface area contributed by atoms with Crippen LogP contribution in [-0.4, -0.2) is 20.2 Å². The van der Waals surface area contributed by atoms with Gasteiger partial charge in [-0.2, -0.15) is 0 Å². The highest BCUT2D eigenvalue weighted by Crippen LogP contribution is 2.32. The van der Waals surface area contributed by atoms with Crippen molar-refractivity contribution in [1.82, 2.24) is 5.32 Å². The van der Waals surface area contributed by atoms with E-state index in [9.17, 15) is 0 Å². The molecule has 0 amide bonds. The van der Waals surface area contributed by atoms with Crippen LogP contribution in [0.15, 0.2) is 18.2 Å². The van der Waals surface area contributed by atoms with Crippen molar-refractivity contribution in [3.8, 4) is 5.75 Å². The predicted octanol–water partition coefficient (Wildman–Crippen LogP) is 3.67. The van der Waals surface area contributed by atoms with Crippen LogP contribution < -0.4 is 10.1 Å². The summed E-state index contributed by atoms with van der Waals surface area (Å²) in [5.74, 6) is 1.05. The molecule has 0 fully saturated rings. The molecule has 1 aromatic rings. The lowest BCUT2D eigenvalue weighted by Gasteiger charge is -2.23. The van der Waals surface area contributed by atoms with E-state index < -0.39 is 0 Å². The Hall–Kier alpha value is -1.02. The van der Waals surface area contributed by atoms with E-state index in [1.54, 1.807) is 0 Å². The molecular weight excluding hydrogens is 222 g/mol. The quantitative estimate of drug-likeness (QED) is 0.777. The molecule has 0 saturated carbocycles. The second kappa shape index (κ2) is 6.79. The van der Waals surface area contributed by atoms with E-state index in [2.05, 4.69) is 51.2 Å². The molecule has 0 unspecified atom stereocenters. The Morgan fingerprint density at radius 1 is 1.17 bits per heavy atom. The third-order valence-corrected chi connectivity index (χ3v) is 3.02. The molecule has 1 aromatic carbocycles. The highest BCUT2D eigenvalue weighted by atomic mass is 16.5. The molecule has 2 nitrogen and oxygen atoms in total. The average Bonchev–Trinajstić information content (AvgIpc) is 2.27. The van der Waals surface area contributed by atoms with E-state index >= 15 is 0 Å².